The first kappa shape index (κ1) is 22.1. The van der Waals surface area contributed by atoms with Crippen molar-refractivity contribution in [3.8, 4) is 11.5 Å². The molecule has 1 amide bonds. The minimum absolute atomic E-state index is 0.0332. The van der Waals surface area contributed by atoms with Gasteiger partial charge in [-0.3, -0.25) is 14.5 Å². The summed E-state index contributed by atoms with van der Waals surface area (Å²) in [5.41, 5.74) is 3.39. The lowest BCUT2D eigenvalue weighted by Crippen LogP contribution is -2.29. The van der Waals surface area contributed by atoms with Crippen LogP contribution in [0.4, 0.5) is 5.69 Å². The van der Waals surface area contributed by atoms with Crippen molar-refractivity contribution >= 4 is 23.1 Å². The summed E-state index contributed by atoms with van der Waals surface area (Å²) in [6.07, 6.45) is 0.841. The van der Waals surface area contributed by atoms with E-state index in [1.807, 2.05) is 32.0 Å². The van der Waals surface area contributed by atoms with Crippen molar-refractivity contribution in [2.24, 2.45) is 0 Å². The predicted molar refractivity (Wildman–Crippen MR) is 126 cm³/mol. The third kappa shape index (κ3) is 3.96. The molecule has 6 heteroatoms. The highest BCUT2D eigenvalue weighted by atomic mass is 16.5. The molecule has 3 aromatic rings. The fraction of sp³-hybridized carbons (Fsp3) is 0.185. The van der Waals surface area contributed by atoms with Crippen LogP contribution < -0.4 is 9.64 Å². The summed E-state index contributed by atoms with van der Waals surface area (Å²) in [6.45, 7) is 3.90. The average Bonchev–Trinajstić information content (AvgIpc) is 3.09. The topological polar surface area (TPSA) is 87.1 Å². The van der Waals surface area contributed by atoms with Crippen LogP contribution in [-0.2, 0) is 16.0 Å². The number of amides is 1. The minimum atomic E-state index is -0.872. The summed E-state index contributed by atoms with van der Waals surface area (Å²) < 4.78 is 5.40. The molecule has 168 valence electrons. The molecule has 4 rings (SSSR count). The van der Waals surface area contributed by atoms with Crippen molar-refractivity contribution in [1.29, 1.82) is 0 Å². The molecule has 1 aliphatic rings. The van der Waals surface area contributed by atoms with Crippen molar-refractivity contribution in [1.82, 2.24) is 0 Å². The Morgan fingerprint density at radius 1 is 1.00 bits per heavy atom. The van der Waals surface area contributed by atoms with E-state index < -0.39 is 17.7 Å². The van der Waals surface area contributed by atoms with E-state index in [0.717, 1.165) is 17.5 Å². The van der Waals surface area contributed by atoms with Crippen LogP contribution in [0.3, 0.4) is 0 Å². The standard InChI is InChI=1S/C27H25NO5/c1-4-17-6-10-19(11-7-17)28-24(18-8-12-20(29)13-9-18)23(26(31)27(28)32)25(30)21-15-16(2)5-14-22(21)33-3/h5-15,24,29-30H,4H2,1-3H3/b25-23+. The van der Waals surface area contributed by atoms with Crippen LogP contribution in [0.1, 0.15) is 35.2 Å². The van der Waals surface area contributed by atoms with Crippen LogP contribution in [0.15, 0.2) is 72.3 Å². The van der Waals surface area contributed by atoms with Crippen LogP contribution in [0.5, 0.6) is 11.5 Å². The third-order valence-electron chi connectivity index (χ3n) is 5.89. The molecule has 0 aliphatic carbocycles. The van der Waals surface area contributed by atoms with Gasteiger partial charge in [-0.05, 0) is 60.9 Å². The number of hydrogen-bond donors (Lipinski definition) is 2. The number of benzene rings is 3. The number of methoxy groups -OCH3 is 1. The molecule has 0 bridgehead atoms. The molecular formula is C27H25NO5. The summed E-state index contributed by atoms with van der Waals surface area (Å²) in [5.74, 6) is -1.37. The molecule has 2 N–H and O–H groups in total. The van der Waals surface area contributed by atoms with Gasteiger partial charge in [0.1, 0.15) is 17.3 Å². The second kappa shape index (κ2) is 8.82. The Morgan fingerprint density at radius 2 is 1.67 bits per heavy atom. The van der Waals surface area contributed by atoms with Crippen LogP contribution in [0.2, 0.25) is 0 Å². The van der Waals surface area contributed by atoms with Gasteiger partial charge in [-0.2, -0.15) is 0 Å². The van der Waals surface area contributed by atoms with Gasteiger partial charge < -0.3 is 14.9 Å². The summed E-state index contributed by atoms with van der Waals surface area (Å²) in [5, 5.41) is 21.1. The van der Waals surface area contributed by atoms with Crippen LogP contribution >= 0.6 is 0 Å². The Morgan fingerprint density at radius 3 is 2.27 bits per heavy atom. The number of aromatic hydroxyl groups is 1. The highest BCUT2D eigenvalue weighted by Crippen LogP contribution is 2.43. The second-order valence-electron chi connectivity index (χ2n) is 7.98. The molecule has 6 nitrogen and oxygen atoms in total. The number of aryl methyl sites for hydroxylation is 2. The van der Waals surface area contributed by atoms with Gasteiger partial charge in [0.25, 0.3) is 11.7 Å². The molecule has 1 atom stereocenters. The number of aliphatic hydroxyl groups is 1. The second-order valence-corrected chi connectivity index (χ2v) is 7.98. The SMILES string of the molecule is CCc1ccc(N2C(=O)C(=O)/C(=C(/O)c3cc(C)ccc3OC)C2c2ccc(O)cc2)cc1. The number of phenolic OH excluding ortho intramolecular Hbond substituents is 1. The zero-order chi connectivity index (χ0) is 23.7. The van der Waals surface area contributed by atoms with Crippen molar-refractivity contribution in [3.05, 3.63) is 94.6 Å². The number of phenols is 1. The van der Waals surface area contributed by atoms with E-state index in [-0.39, 0.29) is 17.1 Å². The lowest BCUT2D eigenvalue weighted by atomic mass is 9.94. The van der Waals surface area contributed by atoms with E-state index in [1.54, 1.807) is 36.4 Å². The molecule has 0 radical (unpaired) electrons. The molecule has 1 unspecified atom stereocenters. The molecule has 33 heavy (non-hydrogen) atoms. The first-order valence-corrected chi connectivity index (χ1v) is 10.7. The monoisotopic (exact) mass is 443 g/mol. The fourth-order valence-corrected chi connectivity index (χ4v) is 4.12. The summed E-state index contributed by atoms with van der Waals surface area (Å²) >= 11 is 0. The zero-order valence-corrected chi connectivity index (χ0v) is 18.7. The molecular weight excluding hydrogens is 418 g/mol. The number of Topliss-reactive ketones (excluding diaryl/α,β-unsaturated/α-hetero) is 1. The molecule has 0 saturated carbocycles. The number of anilines is 1. The summed E-state index contributed by atoms with van der Waals surface area (Å²) in [4.78, 5) is 27.9. The first-order chi connectivity index (χ1) is 15.8. The van der Waals surface area contributed by atoms with Crippen molar-refractivity contribution in [2.45, 2.75) is 26.3 Å². The van der Waals surface area contributed by atoms with E-state index in [1.165, 1.54) is 24.1 Å². The number of nitrogens with zero attached hydrogens (tertiary/aromatic N) is 1. The Hall–Kier alpha value is -4.06. The Bertz CT molecular complexity index is 1240. The van der Waals surface area contributed by atoms with E-state index in [2.05, 4.69) is 0 Å². The van der Waals surface area contributed by atoms with E-state index in [0.29, 0.717) is 22.6 Å². The highest BCUT2D eigenvalue weighted by Gasteiger charge is 2.47. The Kier molecular flexibility index (Phi) is 5.92. The van der Waals surface area contributed by atoms with E-state index in [9.17, 15) is 19.8 Å². The smallest absolute Gasteiger partial charge is 0.300 e. The summed E-state index contributed by atoms with van der Waals surface area (Å²) in [6, 6.07) is 18.1. The van der Waals surface area contributed by atoms with Gasteiger partial charge in [-0.1, -0.05) is 42.8 Å². The lowest BCUT2D eigenvalue weighted by molar-refractivity contribution is -0.132. The lowest BCUT2D eigenvalue weighted by Gasteiger charge is -2.26. The molecule has 3 aromatic carbocycles. The maximum absolute atomic E-state index is 13.3. The molecule has 0 spiro atoms. The summed E-state index contributed by atoms with van der Waals surface area (Å²) in [7, 11) is 1.48. The molecule has 1 heterocycles. The fourth-order valence-electron chi connectivity index (χ4n) is 4.12. The molecule has 0 aromatic heterocycles. The zero-order valence-electron chi connectivity index (χ0n) is 18.7. The Balaban J connectivity index is 1.96. The third-order valence-corrected chi connectivity index (χ3v) is 5.89. The van der Waals surface area contributed by atoms with Gasteiger partial charge in [0.15, 0.2) is 0 Å². The molecule has 1 aliphatic heterocycles. The van der Waals surface area contributed by atoms with Gasteiger partial charge in [0, 0.05) is 5.69 Å². The number of carbonyl (C=O) groups is 2. The number of rotatable bonds is 5. The largest absolute Gasteiger partial charge is 0.508 e. The van der Waals surface area contributed by atoms with Crippen LogP contribution in [0.25, 0.3) is 5.76 Å². The maximum atomic E-state index is 13.3. The number of carbonyl (C=O) groups excluding carboxylic acids is 2. The van der Waals surface area contributed by atoms with Gasteiger partial charge in [0.2, 0.25) is 0 Å². The van der Waals surface area contributed by atoms with Gasteiger partial charge in [-0.15, -0.1) is 0 Å². The van der Waals surface area contributed by atoms with Gasteiger partial charge >= 0.3 is 0 Å². The predicted octanol–water partition coefficient (Wildman–Crippen LogP) is 4.90. The van der Waals surface area contributed by atoms with Crippen LogP contribution in [0, 0.1) is 6.92 Å². The molecule has 1 saturated heterocycles. The van der Waals surface area contributed by atoms with Crippen LogP contribution in [-0.4, -0.2) is 29.0 Å². The minimum Gasteiger partial charge on any atom is -0.508 e. The van der Waals surface area contributed by atoms with E-state index in [4.69, 9.17) is 4.74 Å². The first-order valence-electron chi connectivity index (χ1n) is 10.7. The Labute approximate surface area is 192 Å². The van der Waals surface area contributed by atoms with Crippen molar-refractivity contribution in [2.75, 3.05) is 12.0 Å². The number of hydrogen-bond acceptors (Lipinski definition) is 5. The number of ether oxygens (including phenoxy) is 1. The number of aliphatic hydroxyl groups excluding tert-OH is 1. The van der Waals surface area contributed by atoms with E-state index >= 15 is 0 Å². The van der Waals surface area contributed by atoms with Gasteiger partial charge in [0.05, 0.1) is 24.3 Å². The maximum Gasteiger partial charge on any atom is 0.300 e. The highest BCUT2D eigenvalue weighted by molar-refractivity contribution is 6.51. The normalized spacial score (nSPS) is 17.4. The number of ketones is 1. The quantitative estimate of drug-likeness (QED) is 0.333. The van der Waals surface area contributed by atoms with Gasteiger partial charge in [-0.25, -0.2) is 0 Å². The average molecular weight is 443 g/mol. The van der Waals surface area contributed by atoms with Crippen molar-refractivity contribution < 1.29 is 24.5 Å². The van der Waals surface area contributed by atoms with Crippen molar-refractivity contribution in [3.63, 3.8) is 0 Å². The molecule has 1 fully saturated rings.